The first kappa shape index (κ1) is 14.5. The first-order valence-electron chi connectivity index (χ1n) is 5.55. The molecule has 1 heterocycles. The van der Waals surface area contributed by atoms with E-state index in [2.05, 4.69) is 10.3 Å². The maximum Gasteiger partial charge on any atom is 0.345 e. The smallest absolute Gasteiger partial charge is 0.298 e. The summed E-state index contributed by atoms with van der Waals surface area (Å²) in [6.07, 6.45) is 1.03. The molecule has 1 aromatic heterocycles. The SMILES string of the molecule is Cc1c(C(=O)Nc2ncc([N+](=O)[O-])s2)cccc1[N+](=O)[O-]. The molecule has 1 N–H and O–H groups in total. The number of nitro benzene ring substituents is 1. The quantitative estimate of drug-likeness (QED) is 0.682. The van der Waals surface area contributed by atoms with E-state index in [4.69, 9.17) is 0 Å². The Balaban J connectivity index is 2.26. The molecule has 0 spiro atoms. The summed E-state index contributed by atoms with van der Waals surface area (Å²) in [4.78, 5) is 35.9. The summed E-state index contributed by atoms with van der Waals surface area (Å²) in [7, 11) is 0. The lowest BCUT2D eigenvalue weighted by Gasteiger charge is -2.05. The third kappa shape index (κ3) is 3.00. The van der Waals surface area contributed by atoms with E-state index in [0.29, 0.717) is 11.3 Å². The van der Waals surface area contributed by atoms with Gasteiger partial charge in [-0.25, -0.2) is 4.98 Å². The van der Waals surface area contributed by atoms with Crippen molar-refractivity contribution < 1.29 is 14.6 Å². The Kier molecular flexibility index (Phi) is 3.89. The minimum Gasteiger partial charge on any atom is -0.298 e. The Morgan fingerprint density at radius 3 is 2.57 bits per heavy atom. The van der Waals surface area contributed by atoms with E-state index < -0.39 is 15.8 Å². The number of carbonyl (C=O) groups excluding carboxylic acids is 1. The molecule has 2 aromatic rings. The second kappa shape index (κ2) is 5.63. The van der Waals surface area contributed by atoms with Gasteiger partial charge in [-0.2, -0.15) is 0 Å². The summed E-state index contributed by atoms with van der Waals surface area (Å²) in [5, 5.41) is 23.6. The van der Waals surface area contributed by atoms with Crippen LogP contribution in [0.25, 0.3) is 0 Å². The van der Waals surface area contributed by atoms with Crippen LogP contribution in [-0.4, -0.2) is 20.7 Å². The molecule has 0 saturated carbocycles. The maximum atomic E-state index is 12.1. The van der Waals surface area contributed by atoms with Gasteiger partial charge in [0.15, 0.2) is 5.13 Å². The van der Waals surface area contributed by atoms with E-state index in [1.54, 1.807) is 0 Å². The van der Waals surface area contributed by atoms with E-state index in [1.807, 2.05) is 0 Å². The summed E-state index contributed by atoms with van der Waals surface area (Å²) in [6.45, 7) is 1.46. The van der Waals surface area contributed by atoms with Crippen LogP contribution in [0.3, 0.4) is 0 Å². The summed E-state index contributed by atoms with van der Waals surface area (Å²) in [6, 6.07) is 4.12. The van der Waals surface area contributed by atoms with Crippen molar-refractivity contribution in [3.63, 3.8) is 0 Å². The molecule has 0 radical (unpaired) electrons. The van der Waals surface area contributed by atoms with Gasteiger partial charge in [-0.3, -0.25) is 30.3 Å². The third-order valence-electron chi connectivity index (χ3n) is 2.64. The molecule has 0 atom stereocenters. The number of hydrogen-bond donors (Lipinski definition) is 1. The zero-order valence-electron chi connectivity index (χ0n) is 10.6. The van der Waals surface area contributed by atoms with Crippen LogP contribution in [0.15, 0.2) is 24.4 Å². The fraction of sp³-hybridized carbons (Fsp3) is 0.0909. The number of thiazole rings is 1. The first-order valence-corrected chi connectivity index (χ1v) is 6.37. The maximum absolute atomic E-state index is 12.1. The molecule has 0 aliphatic rings. The fourth-order valence-corrected chi connectivity index (χ4v) is 2.27. The highest BCUT2D eigenvalue weighted by Crippen LogP contribution is 2.26. The van der Waals surface area contributed by atoms with Crippen LogP contribution in [-0.2, 0) is 0 Å². The lowest BCUT2D eigenvalue weighted by molar-refractivity contribution is -0.385. The number of nitrogens with zero attached hydrogens (tertiary/aromatic N) is 3. The van der Waals surface area contributed by atoms with Crippen molar-refractivity contribution in [1.82, 2.24) is 4.98 Å². The first-order chi connectivity index (χ1) is 9.90. The number of amides is 1. The molecule has 1 amide bonds. The fourth-order valence-electron chi connectivity index (χ4n) is 1.64. The van der Waals surface area contributed by atoms with Gasteiger partial charge in [0.1, 0.15) is 6.20 Å². The standard InChI is InChI=1S/C11H8N4O5S/c1-6-7(3-2-4-8(6)14(17)18)10(16)13-11-12-5-9(21-11)15(19)20/h2-5H,1H3,(H,12,13,16). The molecule has 0 saturated heterocycles. The molecule has 9 nitrogen and oxygen atoms in total. The highest BCUT2D eigenvalue weighted by Gasteiger charge is 2.19. The number of anilines is 1. The van der Waals surface area contributed by atoms with E-state index in [-0.39, 0.29) is 26.9 Å². The van der Waals surface area contributed by atoms with Crippen molar-refractivity contribution in [2.24, 2.45) is 0 Å². The summed E-state index contributed by atoms with van der Waals surface area (Å²) in [5.41, 5.74) is 0.154. The zero-order chi connectivity index (χ0) is 15.6. The molecular formula is C11H8N4O5S. The van der Waals surface area contributed by atoms with Gasteiger partial charge >= 0.3 is 5.00 Å². The molecule has 108 valence electrons. The molecule has 0 aliphatic heterocycles. The second-order valence-electron chi connectivity index (χ2n) is 3.92. The molecule has 2 rings (SSSR count). The highest BCUT2D eigenvalue weighted by molar-refractivity contribution is 7.18. The van der Waals surface area contributed by atoms with E-state index >= 15 is 0 Å². The van der Waals surface area contributed by atoms with E-state index in [9.17, 15) is 25.0 Å². The highest BCUT2D eigenvalue weighted by atomic mass is 32.1. The molecule has 1 aromatic carbocycles. The van der Waals surface area contributed by atoms with Gasteiger partial charge < -0.3 is 0 Å². The van der Waals surface area contributed by atoms with Crippen LogP contribution in [0.2, 0.25) is 0 Å². The van der Waals surface area contributed by atoms with Crippen molar-refractivity contribution in [2.75, 3.05) is 5.32 Å². The number of carbonyl (C=O) groups is 1. The average molecular weight is 308 g/mol. The Hall–Kier alpha value is -2.88. The summed E-state index contributed by atoms with van der Waals surface area (Å²) < 4.78 is 0. The van der Waals surface area contributed by atoms with Gasteiger partial charge in [0, 0.05) is 17.2 Å². The summed E-state index contributed by atoms with van der Waals surface area (Å²) >= 11 is 0.704. The predicted octanol–water partition coefficient (Wildman–Crippen LogP) is 2.52. The van der Waals surface area contributed by atoms with Crippen molar-refractivity contribution in [1.29, 1.82) is 0 Å². The number of rotatable bonds is 4. The molecule has 21 heavy (non-hydrogen) atoms. The van der Waals surface area contributed by atoms with Crippen LogP contribution < -0.4 is 5.32 Å². The van der Waals surface area contributed by atoms with Gasteiger partial charge in [0.2, 0.25) is 0 Å². The lowest BCUT2D eigenvalue weighted by Crippen LogP contribution is -2.13. The number of nitro groups is 2. The van der Waals surface area contributed by atoms with Crippen molar-refractivity contribution >= 4 is 33.1 Å². The van der Waals surface area contributed by atoms with Crippen LogP contribution in [0.5, 0.6) is 0 Å². The van der Waals surface area contributed by atoms with Gasteiger partial charge in [-0.15, -0.1) is 0 Å². The molecule has 0 fully saturated rings. The van der Waals surface area contributed by atoms with Crippen molar-refractivity contribution in [3.05, 3.63) is 55.8 Å². The van der Waals surface area contributed by atoms with E-state index in [1.165, 1.54) is 25.1 Å². The molecule has 0 bridgehead atoms. The van der Waals surface area contributed by atoms with Crippen LogP contribution in [0, 0.1) is 27.2 Å². The van der Waals surface area contributed by atoms with Gasteiger partial charge in [0.25, 0.3) is 11.6 Å². The topological polar surface area (TPSA) is 128 Å². The number of hydrogen-bond acceptors (Lipinski definition) is 7. The van der Waals surface area contributed by atoms with Gasteiger partial charge in [0.05, 0.1) is 9.85 Å². The minimum absolute atomic E-state index is 0.0533. The van der Waals surface area contributed by atoms with Gasteiger partial charge in [-0.05, 0) is 24.3 Å². The Morgan fingerprint density at radius 1 is 1.29 bits per heavy atom. The monoisotopic (exact) mass is 308 g/mol. The predicted molar refractivity (Wildman–Crippen MR) is 74.6 cm³/mol. The number of nitrogens with one attached hydrogen (secondary N) is 1. The van der Waals surface area contributed by atoms with E-state index in [0.717, 1.165) is 6.20 Å². The number of aromatic nitrogens is 1. The van der Waals surface area contributed by atoms with Crippen LogP contribution in [0.4, 0.5) is 15.8 Å². The number of benzene rings is 1. The van der Waals surface area contributed by atoms with Crippen molar-refractivity contribution in [3.8, 4) is 0 Å². The molecule has 10 heteroatoms. The largest absolute Gasteiger partial charge is 0.345 e. The normalized spacial score (nSPS) is 10.1. The zero-order valence-corrected chi connectivity index (χ0v) is 11.4. The second-order valence-corrected chi connectivity index (χ2v) is 4.93. The van der Waals surface area contributed by atoms with Crippen molar-refractivity contribution in [2.45, 2.75) is 6.92 Å². The minimum atomic E-state index is -0.619. The molecular weight excluding hydrogens is 300 g/mol. The lowest BCUT2D eigenvalue weighted by atomic mass is 10.1. The average Bonchev–Trinajstić information content (AvgIpc) is 2.87. The summed E-state index contributed by atoms with van der Waals surface area (Å²) in [5.74, 6) is -0.611. The van der Waals surface area contributed by atoms with Gasteiger partial charge in [-0.1, -0.05) is 6.07 Å². The third-order valence-corrected chi connectivity index (χ3v) is 3.50. The van der Waals surface area contributed by atoms with Crippen LogP contribution in [0.1, 0.15) is 15.9 Å². The molecule has 0 aliphatic carbocycles. The Morgan fingerprint density at radius 2 is 2.00 bits per heavy atom. The molecule has 0 unspecified atom stereocenters. The van der Waals surface area contributed by atoms with Crippen LogP contribution >= 0.6 is 11.3 Å². The Labute approximate surface area is 121 Å². The Bertz CT molecular complexity index is 742.